The summed E-state index contributed by atoms with van der Waals surface area (Å²) >= 11 is 0. The van der Waals surface area contributed by atoms with Crippen molar-refractivity contribution in [2.45, 2.75) is 13.8 Å². The van der Waals surface area contributed by atoms with Crippen LogP contribution in [0.1, 0.15) is 22.8 Å². The van der Waals surface area contributed by atoms with Crippen molar-refractivity contribution in [1.82, 2.24) is 5.32 Å². The Balaban J connectivity index is 2.18. The number of hydrogen-bond donors (Lipinski definition) is 1. The van der Waals surface area contributed by atoms with E-state index in [-0.39, 0.29) is 19.1 Å². The van der Waals surface area contributed by atoms with Gasteiger partial charge in [-0.15, -0.1) is 0 Å². The van der Waals surface area contributed by atoms with E-state index in [0.29, 0.717) is 11.3 Å². The zero-order chi connectivity index (χ0) is 17.5. The number of amides is 1. The second-order valence-electron chi connectivity index (χ2n) is 5.27. The molecule has 0 bridgehead atoms. The van der Waals surface area contributed by atoms with Crippen molar-refractivity contribution in [2.75, 3.05) is 20.3 Å². The van der Waals surface area contributed by atoms with Crippen LogP contribution in [-0.2, 0) is 9.53 Å². The van der Waals surface area contributed by atoms with E-state index in [1.807, 2.05) is 43.3 Å². The molecule has 0 radical (unpaired) electrons. The van der Waals surface area contributed by atoms with E-state index in [0.717, 1.165) is 11.1 Å². The fourth-order valence-corrected chi connectivity index (χ4v) is 2.26. The fraction of sp³-hybridized carbons (Fsp3) is 0.263. The third-order valence-corrected chi connectivity index (χ3v) is 3.53. The molecule has 0 aliphatic heterocycles. The Labute approximate surface area is 141 Å². The first-order valence-electron chi connectivity index (χ1n) is 7.74. The molecule has 2 aromatic rings. The summed E-state index contributed by atoms with van der Waals surface area (Å²) in [6.45, 7) is 3.85. The van der Waals surface area contributed by atoms with Crippen molar-refractivity contribution < 1.29 is 19.1 Å². The number of methoxy groups -OCH3 is 1. The molecule has 0 saturated heterocycles. The van der Waals surface area contributed by atoms with E-state index in [1.165, 1.54) is 12.7 Å². The normalized spacial score (nSPS) is 10.1. The van der Waals surface area contributed by atoms with Crippen LogP contribution >= 0.6 is 0 Å². The zero-order valence-electron chi connectivity index (χ0n) is 14.1. The second-order valence-corrected chi connectivity index (χ2v) is 5.27. The van der Waals surface area contributed by atoms with Crippen molar-refractivity contribution >= 4 is 11.9 Å². The Morgan fingerprint density at radius 1 is 1.04 bits per heavy atom. The molecule has 0 spiro atoms. The molecule has 5 heteroatoms. The van der Waals surface area contributed by atoms with E-state index in [2.05, 4.69) is 5.32 Å². The summed E-state index contributed by atoms with van der Waals surface area (Å²) in [5.74, 6) is -0.397. The van der Waals surface area contributed by atoms with E-state index in [1.54, 1.807) is 13.0 Å². The number of hydrogen-bond acceptors (Lipinski definition) is 4. The number of benzene rings is 2. The lowest BCUT2D eigenvalue weighted by Gasteiger charge is -2.11. The first-order valence-corrected chi connectivity index (χ1v) is 7.74. The molecule has 0 saturated carbocycles. The number of carbonyl (C=O) groups is 2. The number of aryl methyl sites for hydroxylation is 1. The molecule has 0 aliphatic carbocycles. The summed E-state index contributed by atoms with van der Waals surface area (Å²) in [4.78, 5) is 23.6. The quantitative estimate of drug-likeness (QED) is 0.829. The van der Waals surface area contributed by atoms with Crippen molar-refractivity contribution in [2.24, 2.45) is 0 Å². The molecule has 0 heterocycles. The van der Waals surface area contributed by atoms with E-state index >= 15 is 0 Å². The molecule has 24 heavy (non-hydrogen) atoms. The van der Waals surface area contributed by atoms with Gasteiger partial charge in [-0.25, -0.2) is 0 Å². The maximum Gasteiger partial charge on any atom is 0.325 e. The van der Waals surface area contributed by atoms with E-state index in [4.69, 9.17) is 9.47 Å². The van der Waals surface area contributed by atoms with Crippen LogP contribution in [0.15, 0.2) is 42.5 Å². The fourth-order valence-electron chi connectivity index (χ4n) is 2.26. The van der Waals surface area contributed by atoms with Crippen molar-refractivity contribution in [3.05, 3.63) is 53.6 Å². The summed E-state index contributed by atoms with van der Waals surface area (Å²) in [7, 11) is 1.51. The zero-order valence-corrected chi connectivity index (χ0v) is 14.1. The van der Waals surface area contributed by atoms with Crippen LogP contribution in [0.5, 0.6) is 5.75 Å². The van der Waals surface area contributed by atoms with Crippen molar-refractivity contribution in [3.63, 3.8) is 0 Å². The minimum Gasteiger partial charge on any atom is -0.496 e. The van der Waals surface area contributed by atoms with Crippen molar-refractivity contribution in [3.8, 4) is 16.9 Å². The molecule has 0 fully saturated rings. The summed E-state index contributed by atoms with van der Waals surface area (Å²) in [5, 5.41) is 2.53. The van der Waals surface area contributed by atoms with Gasteiger partial charge >= 0.3 is 5.97 Å². The standard InChI is InChI=1S/C19H21NO4/c1-4-24-18(21)12-20-19(22)16-10-9-15(11-17(16)23-3)14-7-5-13(2)6-8-14/h5-11H,4,12H2,1-3H3,(H,20,22). The lowest BCUT2D eigenvalue weighted by molar-refractivity contribution is -0.141. The van der Waals surface area contributed by atoms with E-state index in [9.17, 15) is 9.59 Å². The number of carbonyl (C=O) groups excluding carboxylic acids is 2. The molecular weight excluding hydrogens is 306 g/mol. The monoisotopic (exact) mass is 327 g/mol. The topological polar surface area (TPSA) is 64.6 Å². The molecule has 0 unspecified atom stereocenters. The Hall–Kier alpha value is -2.82. The summed E-state index contributed by atoms with van der Waals surface area (Å²) in [5.41, 5.74) is 3.55. The predicted octanol–water partition coefficient (Wildman–Crippen LogP) is 2.96. The molecule has 1 amide bonds. The van der Waals surface area contributed by atoms with E-state index < -0.39 is 5.97 Å². The lowest BCUT2D eigenvalue weighted by atomic mass is 10.0. The van der Waals surface area contributed by atoms with Crippen LogP contribution in [0.2, 0.25) is 0 Å². The second kappa shape index (κ2) is 8.15. The number of esters is 1. The highest BCUT2D eigenvalue weighted by atomic mass is 16.5. The largest absolute Gasteiger partial charge is 0.496 e. The van der Waals surface area contributed by atoms with Gasteiger partial charge in [-0.3, -0.25) is 9.59 Å². The highest BCUT2D eigenvalue weighted by Gasteiger charge is 2.14. The average Bonchev–Trinajstić information content (AvgIpc) is 2.60. The van der Waals surface area contributed by atoms with Gasteiger partial charge in [-0.1, -0.05) is 35.9 Å². The van der Waals surface area contributed by atoms with Crippen LogP contribution in [0, 0.1) is 6.92 Å². The van der Waals surface area contributed by atoms with Crippen LogP contribution in [-0.4, -0.2) is 32.1 Å². The number of rotatable bonds is 6. The first-order chi connectivity index (χ1) is 11.5. The van der Waals surface area contributed by atoms with Crippen LogP contribution in [0.3, 0.4) is 0 Å². The highest BCUT2D eigenvalue weighted by Crippen LogP contribution is 2.27. The van der Waals surface area contributed by atoms with Gasteiger partial charge in [0.15, 0.2) is 0 Å². The highest BCUT2D eigenvalue weighted by molar-refractivity contribution is 5.99. The third-order valence-electron chi connectivity index (χ3n) is 3.53. The van der Waals surface area contributed by atoms with Gasteiger partial charge in [0.05, 0.1) is 19.3 Å². The molecule has 0 aromatic heterocycles. The molecule has 2 aromatic carbocycles. The summed E-state index contributed by atoms with van der Waals surface area (Å²) in [6, 6.07) is 13.4. The molecule has 2 rings (SSSR count). The predicted molar refractivity (Wildman–Crippen MR) is 92.1 cm³/mol. The van der Waals surface area contributed by atoms with Crippen molar-refractivity contribution in [1.29, 1.82) is 0 Å². The number of ether oxygens (including phenoxy) is 2. The van der Waals surface area contributed by atoms with Crippen LogP contribution in [0.25, 0.3) is 11.1 Å². The summed E-state index contributed by atoms with van der Waals surface area (Å²) < 4.78 is 10.1. The smallest absolute Gasteiger partial charge is 0.325 e. The first kappa shape index (κ1) is 17.5. The minimum absolute atomic E-state index is 0.171. The van der Waals surface area contributed by atoms with Gasteiger partial charge in [-0.2, -0.15) is 0 Å². The minimum atomic E-state index is -0.471. The number of nitrogens with one attached hydrogen (secondary N) is 1. The van der Waals surface area contributed by atoms with Gasteiger partial charge < -0.3 is 14.8 Å². The lowest BCUT2D eigenvalue weighted by Crippen LogP contribution is -2.30. The van der Waals surface area contributed by atoms with Gasteiger partial charge in [0.2, 0.25) is 0 Å². The Bertz CT molecular complexity index is 723. The average molecular weight is 327 g/mol. The van der Waals surface area contributed by atoms with Crippen LogP contribution < -0.4 is 10.1 Å². The van der Waals surface area contributed by atoms with Gasteiger partial charge in [0.25, 0.3) is 5.91 Å². The molecule has 5 nitrogen and oxygen atoms in total. The van der Waals surface area contributed by atoms with Crippen LogP contribution in [0.4, 0.5) is 0 Å². The van der Waals surface area contributed by atoms with Gasteiger partial charge in [0, 0.05) is 0 Å². The van der Waals surface area contributed by atoms with Gasteiger partial charge in [0.1, 0.15) is 12.3 Å². The molecule has 0 aliphatic rings. The Morgan fingerprint density at radius 2 is 1.71 bits per heavy atom. The van der Waals surface area contributed by atoms with Gasteiger partial charge in [-0.05, 0) is 37.1 Å². The Morgan fingerprint density at radius 3 is 2.33 bits per heavy atom. The third kappa shape index (κ3) is 4.35. The maximum atomic E-state index is 12.2. The maximum absolute atomic E-state index is 12.2. The molecule has 0 atom stereocenters. The SMILES string of the molecule is CCOC(=O)CNC(=O)c1ccc(-c2ccc(C)cc2)cc1OC. The molecule has 126 valence electrons. The molecular formula is C19H21NO4. The molecule has 1 N–H and O–H groups in total. The summed E-state index contributed by atoms with van der Waals surface area (Å²) in [6.07, 6.45) is 0. The Kier molecular flexibility index (Phi) is 5.95.